The van der Waals surface area contributed by atoms with Gasteiger partial charge in [0.2, 0.25) is 5.91 Å². The van der Waals surface area contributed by atoms with E-state index in [4.69, 9.17) is 9.47 Å². The van der Waals surface area contributed by atoms with E-state index in [1.54, 1.807) is 6.92 Å². The predicted molar refractivity (Wildman–Crippen MR) is 112 cm³/mol. The van der Waals surface area contributed by atoms with E-state index >= 15 is 0 Å². The van der Waals surface area contributed by atoms with Gasteiger partial charge in [0.25, 0.3) is 5.91 Å². The standard InChI is InChI=1S/C22H33N3O4/c1-3-28-16-17-29-18(2)21(26)24-14-12-23(13-15-24)20-10-7-11-25(22(20)27)19-8-5-4-6-9-19/h4-6,8-9,18,20H,3,7,10-17H2,1-2H3/t18-,20+/m0/s1. The van der Waals surface area contributed by atoms with E-state index in [-0.39, 0.29) is 17.9 Å². The second kappa shape index (κ2) is 10.7. The first kappa shape index (κ1) is 21.7. The first-order chi connectivity index (χ1) is 14.1. The van der Waals surface area contributed by atoms with Crippen molar-refractivity contribution in [3.05, 3.63) is 30.3 Å². The molecule has 1 aromatic rings. The summed E-state index contributed by atoms with van der Waals surface area (Å²) in [5.74, 6) is 0.192. The molecule has 0 N–H and O–H groups in total. The number of amides is 2. The van der Waals surface area contributed by atoms with E-state index in [0.717, 1.165) is 38.2 Å². The SMILES string of the molecule is CCOCCO[C@@H](C)C(=O)N1CCN([C@@H]2CCCN(c3ccccc3)C2=O)CC1. The Morgan fingerprint density at radius 3 is 2.52 bits per heavy atom. The van der Waals surface area contributed by atoms with Gasteiger partial charge in [-0.2, -0.15) is 0 Å². The van der Waals surface area contributed by atoms with Gasteiger partial charge in [-0.3, -0.25) is 14.5 Å². The molecule has 0 bridgehead atoms. The van der Waals surface area contributed by atoms with Crippen LogP contribution in [-0.2, 0) is 19.1 Å². The summed E-state index contributed by atoms with van der Waals surface area (Å²) in [6, 6.07) is 9.78. The van der Waals surface area contributed by atoms with Crippen LogP contribution in [0.1, 0.15) is 26.7 Å². The summed E-state index contributed by atoms with van der Waals surface area (Å²) in [5.41, 5.74) is 0.967. The summed E-state index contributed by atoms with van der Waals surface area (Å²) >= 11 is 0. The average molecular weight is 404 g/mol. The molecule has 1 aromatic carbocycles. The average Bonchev–Trinajstić information content (AvgIpc) is 2.77. The maximum atomic E-state index is 13.1. The molecule has 0 saturated carbocycles. The van der Waals surface area contributed by atoms with Crippen LogP contribution in [0, 0.1) is 0 Å². The Bertz CT molecular complexity index is 661. The Morgan fingerprint density at radius 2 is 1.83 bits per heavy atom. The number of anilines is 1. The van der Waals surface area contributed by atoms with Crippen LogP contribution in [0.25, 0.3) is 0 Å². The van der Waals surface area contributed by atoms with Crippen LogP contribution in [0.5, 0.6) is 0 Å². The molecule has 0 spiro atoms. The first-order valence-corrected chi connectivity index (χ1v) is 10.7. The Hall–Kier alpha value is -1.96. The van der Waals surface area contributed by atoms with Gasteiger partial charge >= 0.3 is 0 Å². The predicted octanol–water partition coefficient (Wildman–Crippen LogP) is 1.77. The number of ether oxygens (including phenoxy) is 2. The number of benzene rings is 1. The molecule has 7 heteroatoms. The van der Waals surface area contributed by atoms with E-state index in [9.17, 15) is 9.59 Å². The lowest BCUT2D eigenvalue weighted by molar-refractivity contribution is -0.146. The van der Waals surface area contributed by atoms with Crippen LogP contribution < -0.4 is 4.90 Å². The van der Waals surface area contributed by atoms with E-state index in [1.165, 1.54) is 0 Å². The van der Waals surface area contributed by atoms with Crippen molar-refractivity contribution in [1.29, 1.82) is 0 Å². The fourth-order valence-corrected chi connectivity index (χ4v) is 4.07. The van der Waals surface area contributed by atoms with Crippen LogP contribution in [0.3, 0.4) is 0 Å². The topological polar surface area (TPSA) is 62.3 Å². The second-order valence-corrected chi connectivity index (χ2v) is 7.55. The van der Waals surface area contributed by atoms with Crippen LogP contribution in [0.15, 0.2) is 30.3 Å². The quantitative estimate of drug-likeness (QED) is 0.619. The summed E-state index contributed by atoms with van der Waals surface area (Å²) in [5, 5.41) is 0. The van der Waals surface area contributed by atoms with Gasteiger partial charge in [-0.05, 0) is 38.8 Å². The molecule has 0 aromatic heterocycles. The van der Waals surface area contributed by atoms with Crippen molar-refractivity contribution in [2.75, 3.05) is 57.4 Å². The molecule has 2 amide bonds. The van der Waals surface area contributed by atoms with Gasteiger partial charge in [-0.1, -0.05) is 18.2 Å². The Kier molecular flexibility index (Phi) is 8.03. The summed E-state index contributed by atoms with van der Waals surface area (Å²) < 4.78 is 10.8. The minimum Gasteiger partial charge on any atom is -0.379 e. The summed E-state index contributed by atoms with van der Waals surface area (Å²) in [6.07, 6.45) is 1.41. The highest BCUT2D eigenvalue weighted by atomic mass is 16.5. The molecule has 2 aliphatic rings. The minimum absolute atomic E-state index is 0.0158. The maximum absolute atomic E-state index is 13.1. The molecule has 2 atom stereocenters. The number of piperazine rings is 1. The molecule has 3 rings (SSSR count). The minimum atomic E-state index is -0.466. The van der Waals surface area contributed by atoms with E-state index in [0.29, 0.717) is 32.9 Å². The first-order valence-electron chi connectivity index (χ1n) is 10.7. The normalized spacial score (nSPS) is 22.0. The number of hydrogen-bond donors (Lipinski definition) is 0. The fraction of sp³-hybridized carbons (Fsp3) is 0.636. The van der Waals surface area contributed by atoms with Crippen molar-refractivity contribution in [2.24, 2.45) is 0 Å². The molecular weight excluding hydrogens is 370 g/mol. The molecule has 0 aliphatic carbocycles. The third-order valence-electron chi connectivity index (χ3n) is 5.69. The lowest BCUT2D eigenvalue weighted by atomic mass is 10.0. The highest BCUT2D eigenvalue weighted by Crippen LogP contribution is 2.24. The Balaban J connectivity index is 1.49. The zero-order valence-electron chi connectivity index (χ0n) is 17.6. The van der Waals surface area contributed by atoms with Gasteiger partial charge in [0.15, 0.2) is 0 Å². The number of nitrogens with zero attached hydrogens (tertiary/aromatic N) is 3. The Labute approximate surface area is 173 Å². The van der Waals surface area contributed by atoms with Crippen molar-refractivity contribution in [3.8, 4) is 0 Å². The fourth-order valence-electron chi connectivity index (χ4n) is 4.07. The van der Waals surface area contributed by atoms with E-state index in [2.05, 4.69) is 4.90 Å². The molecule has 29 heavy (non-hydrogen) atoms. The van der Waals surface area contributed by atoms with Gasteiger partial charge in [0, 0.05) is 45.0 Å². The highest BCUT2D eigenvalue weighted by molar-refractivity contribution is 5.97. The molecule has 2 fully saturated rings. The van der Waals surface area contributed by atoms with Crippen LogP contribution in [0.4, 0.5) is 5.69 Å². The third kappa shape index (κ3) is 5.56. The monoisotopic (exact) mass is 403 g/mol. The molecule has 160 valence electrons. The van der Waals surface area contributed by atoms with Gasteiger partial charge in [0.05, 0.1) is 19.3 Å². The number of carbonyl (C=O) groups excluding carboxylic acids is 2. The summed E-state index contributed by atoms with van der Waals surface area (Å²) in [6.45, 7) is 8.78. The van der Waals surface area contributed by atoms with Crippen LogP contribution in [0.2, 0.25) is 0 Å². The lowest BCUT2D eigenvalue weighted by Crippen LogP contribution is -2.59. The highest BCUT2D eigenvalue weighted by Gasteiger charge is 2.36. The second-order valence-electron chi connectivity index (χ2n) is 7.55. The van der Waals surface area contributed by atoms with Crippen molar-refractivity contribution in [3.63, 3.8) is 0 Å². The molecular formula is C22H33N3O4. The number of hydrogen-bond acceptors (Lipinski definition) is 5. The van der Waals surface area contributed by atoms with Gasteiger partial charge in [-0.15, -0.1) is 0 Å². The van der Waals surface area contributed by atoms with Crippen LogP contribution in [-0.4, -0.2) is 86.3 Å². The number of carbonyl (C=O) groups is 2. The maximum Gasteiger partial charge on any atom is 0.251 e. The van der Waals surface area contributed by atoms with Crippen molar-refractivity contribution >= 4 is 17.5 Å². The largest absolute Gasteiger partial charge is 0.379 e. The van der Waals surface area contributed by atoms with E-state index in [1.807, 2.05) is 47.1 Å². The van der Waals surface area contributed by atoms with Crippen molar-refractivity contribution in [1.82, 2.24) is 9.80 Å². The molecule has 2 saturated heterocycles. The molecule has 2 heterocycles. The number of para-hydroxylation sites is 1. The summed E-state index contributed by atoms with van der Waals surface area (Å²) in [4.78, 5) is 31.7. The Morgan fingerprint density at radius 1 is 1.10 bits per heavy atom. The summed E-state index contributed by atoms with van der Waals surface area (Å²) in [7, 11) is 0. The molecule has 0 radical (unpaired) electrons. The third-order valence-corrected chi connectivity index (χ3v) is 5.69. The van der Waals surface area contributed by atoms with Crippen molar-refractivity contribution in [2.45, 2.75) is 38.8 Å². The molecule has 7 nitrogen and oxygen atoms in total. The van der Waals surface area contributed by atoms with Crippen molar-refractivity contribution < 1.29 is 19.1 Å². The zero-order chi connectivity index (χ0) is 20.6. The zero-order valence-corrected chi connectivity index (χ0v) is 17.6. The lowest BCUT2D eigenvalue weighted by Gasteiger charge is -2.42. The number of rotatable bonds is 8. The van der Waals surface area contributed by atoms with Gasteiger partial charge < -0.3 is 19.3 Å². The van der Waals surface area contributed by atoms with Gasteiger partial charge in [-0.25, -0.2) is 0 Å². The molecule has 2 aliphatic heterocycles. The number of piperidine rings is 1. The van der Waals surface area contributed by atoms with Gasteiger partial charge in [0.1, 0.15) is 6.10 Å². The van der Waals surface area contributed by atoms with Crippen LogP contribution >= 0.6 is 0 Å². The van der Waals surface area contributed by atoms with E-state index < -0.39 is 6.10 Å². The molecule has 0 unspecified atom stereocenters. The smallest absolute Gasteiger partial charge is 0.251 e.